The molecule has 80 valence electrons. The van der Waals surface area contributed by atoms with Gasteiger partial charge in [0.2, 0.25) is 0 Å². The maximum absolute atomic E-state index is 5.31. The molecular formula is C13H12N2O. The molecule has 0 bridgehead atoms. The highest BCUT2D eigenvalue weighted by Gasteiger charge is 2.05. The minimum Gasteiger partial charge on any atom is -0.469 e. The first-order valence-corrected chi connectivity index (χ1v) is 5.29. The number of fused-ring (bicyclic) bond motifs is 1. The van der Waals surface area contributed by atoms with Crippen molar-refractivity contribution in [2.45, 2.75) is 13.3 Å². The van der Waals surface area contributed by atoms with Gasteiger partial charge in [0.15, 0.2) is 0 Å². The third kappa shape index (κ3) is 1.50. The topological polar surface area (TPSA) is 30.4 Å². The van der Waals surface area contributed by atoms with Crippen LogP contribution < -0.4 is 0 Å². The first-order valence-electron chi connectivity index (χ1n) is 5.29. The molecule has 0 radical (unpaired) electrons. The Morgan fingerprint density at radius 1 is 1.25 bits per heavy atom. The summed E-state index contributed by atoms with van der Waals surface area (Å²) in [4.78, 5) is 4.55. The Labute approximate surface area is 93.4 Å². The van der Waals surface area contributed by atoms with Crippen molar-refractivity contribution in [1.82, 2.24) is 9.38 Å². The van der Waals surface area contributed by atoms with Crippen LogP contribution in [0.4, 0.5) is 0 Å². The second kappa shape index (κ2) is 3.52. The zero-order valence-electron chi connectivity index (χ0n) is 9.05. The van der Waals surface area contributed by atoms with Crippen LogP contribution in [0.5, 0.6) is 0 Å². The number of hydrogen-bond donors (Lipinski definition) is 0. The van der Waals surface area contributed by atoms with E-state index >= 15 is 0 Å². The first kappa shape index (κ1) is 9.21. The lowest BCUT2D eigenvalue weighted by Gasteiger charge is -1.95. The fraction of sp³-hybridized carbons (Fsp3) is 0.154. The van der Waals surface area contributed by atoms with E-state index in [1.54, 1.807) is 6.26 Å². The summed E-state index contributed by atoms with van der Waals surface area (Å²) in [5, 5.41) is 0. The molecule has 3 heterocycles. The van der Waals surface area contributed by atoms with Gasteiger partial charge < -0.3 is 8.82 Å². The molecule has 0 amide bonds. The summed E-state index contributed by atoms with van der Waals surface area (Å²) in [6.45, 7) is 2.07. The second-order valence-electron chi connectivity index (χ2n) is 3.88. The van der Waals surface area contributed by atoms with Gasteiger partial charge in [0.25, 0.3) is 0 Å². The lowest BCUT2D eigenvalue weighted by molar-refractivity contribution is 0.519. The summed E-state index contributed by atoms with van der Waals surface area (Å²) in [7, 11) is 0. The first-order chi connectivity index (χ1) is 7.83. The number of rotatable bonds is 2. The van der Waals surface area contributed by atoms with Crippen molar-refractivity contribution in [3.63, 3.8) is 0 Å². The molecule has 0 unspecified atom stereocenters. The maximum Gasteiger partial charge on any atom is 0.137 e. The highest BCUT2D eigenvalue weighted by molar-refractivity contribution is 5.42. The predicted octanol–water partition coefficient (Wildman–Crippen LogP) is 2.83. The van der Waals surface area contributed by atoms with Gasteiger partial charge in [-0.15, -0.1) is 0 Å². The molecular weight excluding hydrogens is 200 g/mol. The molecule has 0 atom stereocenters. The number of aryl methyl sites for hydroxylation is 1. The highest BCUT2D eigenvalue weighted by atomic mass is 16.3. The van der Waals surface area contributed by atoms with Gasteiger partial charge in [-0.3, -0.25) is 0 Å². The molecule has 0 aliphatic heterocycles. The van der Waals surface area contributed by atoms with Crippen LogP contribution in [0.3, 0.4) is 0 Å². The van der Waals surface area contributed by atoms with E-state index in [2.05, 4.69) is 28.6 Å². The van der Waals surface area contributed by atoms with Gasteiger partial charge in [-0.25, -0.2) is 4.98 Å². The third-order valence-electron chi connectivity index (χ3n) is 2.68. The molecule has 0 aliphatic rings. The van der Waals surface area contributed by atoms with E-state index in [9.17, 15) is 0 Å². The van der Waals surface area contributed by atoms with Crippen LogP contribution in [0.1, 0.15) is 17.1 Å². The maximum atomic E-state index is 5.31. The molecule has 16 heavy (non-hydrogen) atoms. The standard InChI is InChI=1S/C13H12N2O/c1-10-4-2-6-13-14-11(9-15(10)13)8-12-5-3-7-16-12/h2-7,9H,8H2,1H3. The van der Waals surface area contributed by atoms with E-state index in [-0.39, 0.29) is 0 Å². The number of pyridine rings is 1. The molecule has 3 aromatic rings. The molecule has 0 fully saturated rings. The van der Waals surface area contributed by atoms with Gasteiger partial charge in [0, 0.05) is 18.3 Å². The Balaban J connectivity index is 2.02. The summed E-state index contributed by atoms with van der Waals surface area (Å²) in [5.41, 5.74) is 3.21. The molecule has 3 rings (SSSR count). The van der Waals surface area contributed by atoms with Gasteiger partial charge in [0.1, 0.15) is 11.4 Å². The quantitative estimate of drug-likeness (QED) is 0.654. The molecule has 3 heteroatoms. The minimum atomic E-state index is 0.744. The van der Waals surface area contributed by atoms with Gasteiger partial charge in [-0.1, -0.05) is 6.07 Å². The van der Waals surface area contributed by atoms with Crippen LogP contribution >= 0.6 is 0 Å². The SMILES string of the molecule is Cc1cccc2nc(Cc3ccco3)cn12. The smallest absolute Gasteiger partial charge is 0.137 e. The van der Waals surface area contributed by atoms with Crippen molar-refractivity contribution < 1.29 is 4.42 Å². The van der Waals surface area contributed by atoms with Crippen molar-refractivity contribution in [2.24, 2.45) is 0 Å². The Bertz CT molecular complexity index is 608. The fourth-order valence-electron chi connectivity index (χ4n) is 1.88. The lowest BCUT2D eigenvalue weighted by Crippen LogP contribution is -1.87. The Kier molecular flexibility index (Phi) is 2.03. The van der Waals surface area contributed by atoms with Crippen molar-refractivity contribution in [3.8, 4) is 0 Å². The van der Waals surface area contributed by atoms with Gasteiger partial charge >= 0.3 is 0 Å². The van der Waals surface area contributed by atoms with E-state index in [0.717, 1.165) is 23.5 Å². The summed E-state index contributed by atoms with van der Waals surface area (Å²) in [6, 6.07) is 9.98. The van der Waals surface area contributed by atoms with Crippen LogP contribution in [0.15, 0.2) is 47.2 Å². The minimum absolute atomic E-state index is 0.744. The van der Waals surface area contributed by atoms with Crippen LogP contribution in [0.2, 0.25) is 0 Å². The Morgan fingerprint density at radius 2 is 2.19 bits per heavy atom. The number of imidazole rings is 1. The van der Waals surface area contributed by atoms with Crippen LogP contribution in [0, 0.1) is 6.92 Å². The number of furan rings is 1. The highest BCUT2D eigenvalue weighted by Crippen LogP contribution is 2.12. The summed E-state index contributed by atoms with van der Waals surface area (Å²) < 4.78 is 7.41. The second-order valence-corrected chi connectivity index (χ2v) is 3.88. The average molecular weight is 212 g/mol. The lowest BCUT2D eigenvalue weighted by atomic mass is 10.3. The summed E-state index contributed by atoms with van der Waals surface area (Å²) in [6.07, 6.45) is 4.50. The molecule has 0 N–H and O–H groups in total. The van der Waals surface area contributed by atoms with E-state index in [1.165, 1.54) is 5.69 Å². The van der Waals surface area contributed by atoms with Crippen molar-refractivity contribution in [2.75, 3.05) is 0 Å². The monoisotopic (exact) mass is 212 g/mol. The fourth-order valence-corrected chi connectivity index (χ4v) is 1.88. The van der Waals surface area contributed by atoms with Crippen molar-refractivity contribution in [3.05, 3.63) is 59.9 Å². The van der Waals surface area contributed by atoms with E-state index in [4.69, 9.17) is 4.42 Å². The van der Waals surface area contributed by atoms with Crippen LogP contribution in [-0.4, -0.2) is 9.38 Å². The third-order valence-corrected chi connectivity index (χ3v) is 2.68. The van der Waals surface area contributed by atoms with Crippen LogP contribution in [0.25, 0.3) is 5.65 Å². The van der Waals surface area contributed by atoms with Crippen molar-refractivity contribution in [1.29, 1.82) is 0 Å². The zero-order chi connectivity index (χ0) is 11.0. The predicted molar refractivity (Wildman–Crippen MR) is 61.4 cm³/mol. The molecule has 0 spiro atoms. The number of aromatic nitrogens is 2. The molecule has 0 aliphatic carbocycles. The van der Waals surface area contributed by atoms with Gasteiger partial charge in [-0.2, -0.15) is 0 Å². The number of nitrogens with zero attached hydrogens (tertiary/aromatic N) is 2. The van der Waals surface area contributed by atoms with Gasteiger partial charge in [-0.05, 0) is 31.2 Å². The molecule has 0 saturated heterocycles. The van der Waals surface area contributed by atoms with Gasteiger partial charge in [0.05, 0.1) is 12.0 Å². The van der Waals surface area contributed by atoms with E-state index < -0.39 is 0 Å². The molecule has 0 saturated carbocycles. The Morgan fingerprint density at radius 3 is 2.94 bits per heavy atom. The Hall–Kier alpha value is -2.03. The molecule has 3 nitrogen and oxygen atoms in total. The van der Waals surface area contributed by atoms with Crippen LogP contribution in [-0.2, 0) is 6.42 Å². The zero-order valence-corrected chi connectivity index (χ0v) is 9.05. The van der Waals surface area contributed by atoms with Crippen molar-refractivity contribution >= 4 is 5.65 Å². The normalized spacial score (nSPS) is 11.1. The largest absolute Gasteiger partial charge is 0.469 e. The molecule has 3 aromatic heterocycles. The summed E-state index contributed by atoms with van der Waals surface area (Å²) in [5.74, 6) is 0.945. The average Bonchev–Trinajstić information content (AvgIpc) is 2.88. The summed E-state index contributed by atoms with van der Waals surface area (Å²) >= 11 is 0. The van der Waals surface area contributed by atoms with E-state index in [1.807, 2.05) is 24.3 Å². The molecule has 0 aromatic carbocycles. The number of hydrogen-bond acceptors (Lipinski definition) is 2. The van der Waals surface area contributed by atoms with E-state index in [0.29, 0.717) is 0 Å².